The van der Waals surface area contributed by atoms with E-state index < -0.39 is 0 Å². The van der Waals surface area contributed by atoms with Crippen LogP contribution in [0.15, 0.2) is 25.3 Å². The van der Waals surface area contributed by atoms with Crippen LogP contribution in [0.3, 0.4) is 0 Å². The Labute approximate surface area is 99.0 Å². The van der Waals surface area contributed by atoms with Gasteiger partial charge in [-0.2, -0.15) is 0 Å². The van der Waals surface area contributed by atoms with Crippen LogP contribution >= 0.6 is 0 Å². The van der Waals surface area contributed by atoms with Crippen LogP contribution < -0.4 is 0 Å². The first-order valence-corrected chi connectivity index (χ1v) is 6.27. The molecule has 16 heavy (non-hydrogen) atoms. The Morgan fingerprint density at radius 3 is 2.25 bits per heavy atom. The van der Waals surface area contributed by atoms with Gasteiger partial charge < -0.3 is 4.90 Å². The molecule has 0 aromatic rings. The molecule has 1 fully saturated rings. The summed E-state index contributed by atoms with van der Waals surface area (Å²) in [4.78, 5) is 13.7. The number of rotatable bonds is 7. The Balaban J connectivity index is 2.29. The molecule has 1 aliphatic rings. The third kappa shape index (κ3) is 4.21. The number of carbonyl (C=O) groups excluding carboxylic acids is 1. The zero-order chi connectivity index (χ0) is 11.8. The maximum atomic E-state index is 11.9. The second-order valence-corrected chi connectivity index (χ2v) is 4.57. The zero-order valence-corrected chi connectivity index (χ0v) is 10.2. The van der Waals surface area contributed by atoms with Gasteiger partial charge in [-0.25, -0.2) is 0 Å². The number of hydrogen-bond donors (Lipinski definition) is 0. The summed E-state index contributed by atoms with van der Waals surface area (Å²) in [6.07, 6.45) is 10.6. The molecule has 0 unspecified atom stereocenters. The molecule has 0 radical (unpaired) electrons. The first kappa shape index (κ1) is 13.0. The van der Waals surface area contributed by atoms with Crippen LogP contribution in [0.5, 0.6) is 0 Å². The highest BCUT2D eigenvalue weighted by molar-refractivity contribution is 5.76. The summed E-state index contributed by atoms with van der Waals surface area (Å²) in [6.45, 7) is 8.62. The molecule has 0 bridgehead atoms. The lowest BCUT2D eigenvalue weighted by atomic mass is 10.0. The second kappa shape index (κ2) is 7.26. The van der Waals surface area contributed by atoms with Crippen molar-refractivity contribution in [1.29, 1.82) is 0 Å². The van der Waals surface area contributed by atoms with E-state index in [1.54, 1.807) is 12.2 Å². The zero-order valence-electron chi connectivity index (χ0n) is 10.2. The maximum absolute atomic E-state index is 11.9. The van der Waals surface area contributed by atoms with E-state index in [1.807, 2.05) is 4.90 Å². The van der Waals surface area contributed by atoms with E-state index in [-0.39, 0.29) is 5.91 Å². The summed E-state index contributed by atoms with van der Waals surface area (Å²) in [6, 6.07) is 0. The SMILES string of the molecule is C=CCN(CC=C)C(=O)CCC1CCCC1. The van der Waals surface area contributed by atoms with Gasteiger partial charge in [-0.3, -0.25) is 4.79 Å². The quantitative estimate of drug-likeness (QED) is 0.605. The van der Waals surface area contributed by atoms with Crippen LogP contribution in [0.2, 0.25) is 0 Å². The Morgan fingerprint density at radius 2 is 1.75 bits per heavy atom. The average Bonchev–Trinajstić information content (AvgIpc) is 2.78. The molecule has 1 amide bonds. The molecule has 0 saturated heterocycles. The van der Waals surface area contributed by atoms with Crippen molar-refractivity contribution < 1.29 is 4.79 Å². The van der Waals surface area contributed by atoms with Gasteiger partial charge in [-0.15, -0.1) is 13.2 Å². The first-order chi connectivity index (χ1) is 7.77. The molecule has 1 rings (SSSR count). The largest absolute Gasteiger partial charge is 0.335 e. The summed E-state index contributed by atoms with van der Waals surface area (Å²) in [5.41, 5.74) is 0. The molecular formula is C14H23NO. The molecule has 0 aromatic heterocycles. The summed E-state index contributed by atoms with van der Waals surface area (Å²) in [5, 5.41) is 0. The Bertz CT molecular complexity index is 231. The smallest absolute Gasteiger partial charge is 0.223 e. The standard InChI is InChI=1S/C14H23NO/c1-3-11-15(12-4-2)14(16)10-9-13-7-5-6-8-13/h3-4,13H,1-2,5-12H2. The van der Waals surface area contributed by atoms with Crippen molar-refractivity contribution in [2.75, 3.05) is 13.1 Å². The number of amides is 1. The lowest BCUT2D eigenvalue weighted by molar-refractivity contribution is -0.130. The Morgan fingerprint density at radius 1 is 1.19 bits per heavy atom. The summed E-state index contributed by atoms with van der Waals surface area (Å²) >= 11 is 0. The van der Waals surface area contributed by atoms with Gasteiger partial charge in [0.2, 0.25) is 5.91 Å². The van der Waals surface area contributed by atoms with Gasteiger partial charge in [0, 0.05) is 19.5 Å². The third-order valence-corrected chi connectivity index (χ3v) is 3.29. The highest BCUT2D eigenvalue weighted by Crippen LogP contribution is 2.28. The van der Waals surface area contributed by atoms with Gasteiger partial charge in [0.1, 0.15) is 0 Å². The maximum Gasteiger partial charge on any atom is 0.223 e. The summed E-state index contributed by atoms with van der Waals surface area (Å²) in [5.74, 6) is 1.03. The molecule has 0 spiro atoms. The predicted molar refractivity (Wildman–Crippen MR) is 68.2 cm³/mol. The van der Waals surface area contributed by atoms with E-state index in [0.29, 0.717) is 19.5 Å². The van der Waals surface area contributed by atoms with Gasteiger partial charge >= 0.3 is 0 Å². The molecule has 0 aromatic carbocycles. The highest BCUT2D eigenvalue weighted by Gasteiger charge is 2.17. The molecule has 0 N–H and O–H groups in total. The van der Waals surface area contributed by atoms with Gasteiger partial charge in [-0.05, 0) is 12.3 Å². The molecule has 2 nitrogen and oxygen atoms in total. The normalized spacial score (nSPS) is 16.0. The van der Waals surface area contributed by atoms with E-state index in [9.17, 15) is 4.79 Å². The molecule has 0 heterocycles. The minimum absolute atomic E-state index is 0.242. The number of nitrogens with zero attached hydrogens (tertiary/aromatic N) is 1. The fraction of sp³-hybridized carbons (Fsp3) is 0.643. The van der Waals surface area contributed by atoms with Crippen molar-refractivity contribution in [1.82, 2.24) is 4.90 Å². The van der Waals surface area contributed by atoms with Crippen molar-refractivity contribution >= 4 is 5.91 Å². The van der Waals surface area contributed by atoms with Gasteiger partial charge in [0.15, 0.2) is 0 Å². The van der Waals surface area contributed by atoms with Crippen LogP contribution in [-0.4, -0.2) is 23.9 Å². The van der Waals surface area contributed by atoms with E-state index >= 15 is 0 Å². The molecular weight excluding hydrogens is 198 g/mol. The highest BCUT2D eigenvalue weighted by atomic mass is 16.2. The fourth-order valence-corrected chi connectivity index (χ4v) is 2.37. The molecule has 1 saturated carbocycles. The van der Waals surface area contributed by atoms with E-state index in [0.717, 1.165) is 12.3 Å². The second-order valence-electron chi connectivity index (χ2n) is 4.57. The summed E-state index contributed by atoms with van der Waals surface area (Å²) < 4.78 is 0. The number of carbonyl (C=O) groups is 1. The molecule has 0 aliphatic heterocycles. The van der Waals surface area contributed by atoms with Crippen molar-refractivity contribution in [3.63, 3.8) is 0 Å². The van der Waals surface area contributed by atoms with E-state index in [1.165, 1.54) is 25.7 Å². The van der Waals surface area contributed by atoms with Gasteiger partial charge in [-0.1, -0.05) is 37.8 Å². The lowest BCUT2D eigenvalue weighted by Crippen LogP contribution is -2.31. The van der Waals surface area contributed by atoms with Crippen molar-refractivity contribution in [2.45, 2.75) is 38.5 Å². The first-order valence-electron chi connectivity index (χ1n) is 6.27. The Kier molecular flexibility index (Phi) is 5.91. The van der Waals surface area contributed by atoms with Gasteiger partial charge in [0.05, 0.1) is 0 Å². The van der Waals surface area contributed by atoms with Crippen LogP contribution in [0.1, 0.15) is 38.5 Å². The van der Waals surface area contributed by atoms with Crippen molar-refractivity contribution in [3.8, 4) is 0 Å². The van der Waals surface area contributed by atoms with Gasteiger partial charge in [0.25, 0.3) is 0 Å². The van der Waals surface area contributed by atoms with E-state index in [2.05, 4.69) is 13.2 Å². The number of hydrogen-bond acceptors (Lipinski definition) is 1. The minimum Gasteiger partial charge on any atom is -0.335 e. The molecule has 0 atom stereocenters. The molecule has 90 valence electrons. The lowest BCUT2D eigenvalue weighted by Gasteiger charge is -2.20. The van der Waals surface area contributed by atoms with Crippen LogP contribution in [0, 0.1) is 5.92 Å². The predicted octanol–water partition coefficient (Wildman–Crippen LogP) is 3.16. The van der Waals surface area contributed by atoms with Crippen molar-refractivity contribution in [3.05, 3.63) is 25.3 Å². The summed E-state index contributed by atoms with van der Waals surface area (Å²) in [7, 11) is 0. The topological polar surface area (TPSA) is 20.3 Å². The Hall–Kier alpha value is -1.05. The molecule has 2 heteroatoms. The van der Waals surface area contributed by atoms with Crippen LogP contribution in [0.4, 0.5) is 0 Å². The molecule has 1 aliphatic carbocycles. The van der Waals surface area contributed by atoms with Crippen LogP contribution in [0.25, 0.3) is 0 Å². The third-order valence-electron chi connectivity index (χ3n) is 3.29. The van der Waals surface area contributed by atoms with E-state index in [4.69, 9.17) is 0 Å². The van der Waals surface area contributed by atoms with Crippen molar-refractivity contribution in [2.24, 2.45) is 5.92 Å². The fourth-order valence-electron chi connectivity index (χ4n) is 2.37. The van der Waals surface area contributed by atoms with Crippen LogP contribution in [-0.2, 0) is 4.79 Å². The average molecular weight is 221 g/mol. The monoisotopic (exact) mass is 221 g/mol. The minimum atomic E-state index is 0.242.